The molecule has 0 aliphatic carbocycles. The molecule has 18 heavy (non-hydrogen) atoms. The SMILES string of the molecule is NCCC1(c2ccc3c(c2)CCC(=O)N3)COC1. The highest BCUT2D eigenvalue weighted by Crippen LogP contribution is 2.37. The number of ether oxygens (including phenoxy) is 1. The zero-order valence-corrected chi connectivity index (χ0v) is 10.4. The molecule has 4 heteroatoms. The Bertz CT molecular complexity index is 481. The van der Waals surface area contributed by atoms with Crippen molar-refractivity contribution in [3.8, 4) is 0 Å². The van der Waals surface area contributed by atoms with E-state index in [2.05, 4.69) is 17.4 Å². The first-order valence-electron chi connectivity index (χ1n) is 6.45. The standard InChI is InChI=1S/C14H18N2O2/c15-6-5-14(8-18-9-14)11-2-3-12-10(7-11)1-4-13(17)16-12/h2-3,7H,1,4-6,8-9,15H2,(H,16,17). The number of hydrogen-bond acceptors (Lipinski definition) is 3. The van der Waals surface area contributed by atoms with Crippen molar-refractivity contribution in [3.63, 3.8) is 0 Å². The van der Waals surface area contributed by atoms with E-state index in [0.29, 0.717) is 13.0 Å². The van der Waals surface area contributed by atoms with Crippen LogP contribution in [0.1, 0.15) is 24.0 Å². The molecule has 0 spiro atoms. The minimum absolute atomic E-state index is 0.102. The van der Waals surface area contributed by atoms with E-state index in [-0.39, 0.29) is 11.3 Å². The molecule has 3 N–H and O–H groups in total. The Morgan fingerprint density at radius 3 is 2.83 bits per heavy atom. The van der Waals surface area contributed by atoms with Gasteiger partial charge in [0.2, 0.25) is 5.91 Å². The molecule has 0 bridgehead atoms. The van der Waals surface area contributed by atoms with Gasteiger partial charge in [0.1, 0.15) is 0 Å². The monoisotopic (exact) mass is 246 g/mol. The Balaban J connectivity index is 1.92. The number of aryl methyl sites for hydroxylation is 1. The van der Waals surface area contributed by atoms with E-state index < -0.39 is 0 Å². The average Bonchev–Trinajstić information content (AvgIpc) is 2.33. The van der Waals surface area contributed by atoms with Crippen molar-refractivity contribution < 1.29 is 9.53 Å². The van der Waals surface area contributed by atoms with E-state index in [1.807, 2.05) is 6.07 Å². The zero-order valence-electron chi connectivity index (χ0n) is 10.4. The summed E-state index contributed by atoms with van der Waals surface area (Å²) in [6.45, 7) is 2.20. The lowest BCUT2D eigenvalue weighted by molar-refractivity contribution is -0.116. The number of carbonyl (C=O) groups excluding carboxylic acids is 1. The summed E-state index contributed by atoms with van der Waals surface area (Å²) in [6.07, 6.45) is 2.36. The van der Waals surface area contributed by atoms with Gasteiger partial charge >= 0.3 is 0 Å². The second-order valence-corrected chi connectivity index (χ2v) is 5.23. The molecule has 0 aromatic heterocycles. The van der Waals surface area contributed by atoms with Crippen LogP contribution in [0.4, 0.5) is 5.69 Å². The quantitative estimate of drug-likeness (QED) is 0.842. The third-order valence-electron chi connectivity index (χ3n) is 3.99. The van der Waals surface area contributed by atoms with Crippen molar-refractivity contribution in [2.24, 2.45) is 5.73 Å². The van der Waals surface area contributed by atoms with Gasteiger partial charge in [0.15, 0.2) is 0 Å². The van der Waals surface area contributed by atoms with Gasteiger partial charge in [-0.3, -0.25) is 4.79 Å². The maximum Gasteiger partial charge on any atom is 0.224 e. The fourth-order valence-electron chi connectivity index (χ4n) is 2.79. The molecule has 4 nitrogen and oxygen atoms in total. The Hall–Kier alpha value is -1.39. The number of amides is 1. The van der Waals surface area contributed by atoms with Gasteiger partial charge in [0.25, 0.3) is 0 Å². The molecule has 3 rings (SSSR count). The molecule has 1 saturated heterocycles. The third-order valence-corrected chi connectivity index (χ3v) is 3.99. The first kappa shape index (κ1) is 11.7. The number of fused-ring (bicyclic) bond motifs is 1. The van der Waals surface area contributed by atoms with Gasteiger partial charge in [0, 0.05) is 17.5 Å². The molecule has 2 aliphatic rings. The molecular weight excluding hydrogens is 228 g/mol. The predicted molar refractivity (Wildman–Crippen MR) is 69.6 cm³/mol. The smallest absolute Gasteiger partial charge is 0.224 e. The number of anilines is 1. The topological polar surface area (TPSA) is 64.4 Å². The largest absolute Gasteiger partial charge is 0.379 e. The summed E-state index contributed by atoms with van der Waals surface area (Å²) in [5.41, 5.74) is 9.30. The van der Waals surface area contributed by atoms with Gasteiger partial charge in [-0.25, -0.2) is 0 Å². The second-order valence-electron chi connectivity index (χ2n) is 5.23. The van der Waals surface area contributed by atoms with E-state index in [0.717, 1.165) is 31.7 Å². The van der Waals surface area contributed by atoms with Crippen LogP contribution in [0.5, 0.6) is 0 Å². The molecule has 0 saturated carbocycles. The fourth-order valence-corrected chi connectivity index (χ4v) is 2.79. The minimum atomic E-state index is 0.102. The first-order chi connectivity index (χ1) is 8.73. The lowest BCUT2D eigenvalue weighted by Crippen LogP contribution is -2.48. The second kappa shape index (κ2) is 4.37. The summed E-state index contributed by atoms with van der Waals surface area (Å²) in [5.74, 6) is 0.110. The van der Waals surface area contributed by atoms with Crippen LogP contribution in [0.2, 0.25) is 0 Å². The van der Waals surface area contributed by atoms with Crippen LogP contribution in [0.3, 0.4) is 0 Å². The third kappa shape index (κ3) is 1.82. The number of carbonyl (C=O) groups is 1. The maximum atomic E-state index is 11.3. The van der Waals surface area contributed by atoms with E-state index in [1.54, 1.807) is 0 Å². The molecular formula is C14H18N2O2. The lowest BCUT2D eigenvalue weighted by Gasteiger charge is -2.42. The molecule has 1 aromatic carbocycles. The van der Waals surface area contributed by atoms with Crippen molar-refractivity contribution in [3.05, 3.63) is 29.3 Å². The van der Waals surface area contributed by atoms with Crippen molar-refractivity contribution in [2.45, 2.75) is 24.7 Å². The van der Waals surface area contributed by atoms with Crippen LogP contribution < -0.4 is 11.1 Å². The number of nitrogens with one attached hydrogen (secondary N) is 1. The van der Waals surface area contributed by atoms with E-state index in [1.165, 1.54) is 11.1 Å². The zero-order chi connectivity index (χ0) is 12.6. The molecule has 0 radical (unpaired) electrons. The first-order valence-corrected chi connectivity index (χ1v) is 6.45. The number of hydrogen-bond donors (Lipinski definition) is 2. The molecule has 2 aliphatic heterocycles. The predicted octanol–water partition coefficient (Wildman–Crippen LogP) is 1.19. The molecule has 96 valence electrons. The molecule has 1 amide bonds. The van der Waals surface area contributed by atoms with Gasteiger partial charge in [-0.05, 0) is 36.6 Å². The number of benzene rings is 1. The highest BCUT2D eigenvalue weighted by molar-refractivity contribution is 5.93. The van der Waals surface area contributed by atoms with E-state index >= 15 is 0 Å². The van der Waals surface area contributed by atoms with Crippen molar-refractivity contribution in [1.29, 1.82) is 0 Å². The van der Waals surface area contributed by atoms with Crippen LogP contribution >= 0.6 is 0 Å². The fraction of sp³-hybridized carbons (Fsp3) is 0.500. The molecule has 1 fully saturated rings. The molecule has 0 atom stereocenters. The van der Waals surface area contributed by atoms with E-state index in [9.17, 15) is 4.79 Å². The van der Waals surface area contributed by atoms with Gasteiger partial charge < -0.3 is 15.8 Å². The summed E-state index contributed by atoms with van der Waals surface area (Å²) in [5, 5.41) is 2.91. The summed E-state index contributed by atoms with van der Waals surface area (Å²) in [7, 11) is 0. The van der Waals surface area contributed by atoms with Gasteiger partial charge in [-0.2, -0.15) is 0 Å². The van der Waals surface area contributed by atoms with Crippen molar-refractivity contribution in [1.82, 2.24) is 0 Å². The highest BCUT2D eigenvalue weighted by atomic mass is 16.5. The van der Waals surface area contributed by atoms with Crippen LogP contribution in [0.25, 0.3) is 0 Å². The van der Waals surface area contributed by atoms with Crippen LogP contribution in [-0.4, -0.2) is 25.7 Å². The minimum Gasteiger partial charge on any atom is -0.379 e. The molecule has 2 heterocycles. The van der Waals surface area contributed by atoms with Crippen LogP contribution in [-0.2, 0) is 21.4 Å². The Kier molecular flexibility index (Phi) is 2.84. The van der Waals surface area contributed by atoms with Gasteiger partial charge in [0.05, 0.1) is 13.2 Å². The number of rotatable bonds is 3. The Labute approximate surface area is 107 Å². The summed E-state index contributed by atoms with van der Waals surface area (Å²) in [6, 6.07) is 6.33. The van der Waals surface area contributed by atoms with Gasteiger partial charge in [-0.1, -0.05) is 12.1 Å². The van der Waals surface area contributed by atoms with Crippen LogP contribution in [0, 0.1) is 0 Å². The molecule has 0 unspecified atom stereocenters. The molecule has 1 aromatic rings. The summed E-state index contributed by atoms with van der Waals surface area (Å²) < 4.78 is 5.38. The summed E-state index contributed by atoms with van der Waals surface area (Å²) in [4.78, 5) is 11.3. The Morgan fingerprint density at radius 2 is 2.17 bits per heavy atom. The highest BCUT2D eigenvalue weighted by Gasteiger charge is 2.39. The maximum absolute atomic E-state index is 11.3. The van der Waals surface area contributed by atoms with Crippen LogP contribution in [0.15, 0.2) is 18.2 Å². The average molecular weight is 246 g/mol. The number of nitrogens with two attached hydrogens (primary N) is 1. The lowest BCUT2D eigenvalue weighted by atomic mass is 9.75. The van der Waals surface area contributed by atoms with Crippen molar-refractivity contribution in [2.75, 3.05) is 25.1 Å². The van der Waals surface area contributed by atoms with Crippen molar-refractivity contribution >= 4 is 11.6 Å². The van der Waals surface area contributed by atoms with Gasteiger partial charge in [-0.15, -0.1) is 0 Å². The summed E-state index contributed by atoms with van der Waals surface area (Å²) >= 11 is 0. The Morgan fingerprint density at radius 1 is 1.33 bits per heavy atom. The normalized spacial score (nSPS) is 20.8. The van der Waals surface area contributed by atoms with E-state index in [4.69, 9.17) is 10.5 Å².